The lowest BCUT2D eigenvalue weighted by Crippen LogP contribution is -2.15. The van der Waals surface area contributed by atoms with Gasteiger partial charge in [0.15, 0.2) is 0 Å². The smallest absolute Gasteiger partial charge is 0.341 e. The molecule has 96 valence electrons. The number of rotatable bonds is 4. The Kier molecular flexibility index (Phi) is 6.03. The molecule has 0 bridgehead atoms. The zero-order valence-electron chi connectivity index (χ0n) is 10.8. The number of esters is 1. The van der Waals surface area contributed by atoms with Gasteiger partial charge >= 0.3 is 5.97 Å². The molecule has 1 atom stereocenters. The van der Waals surface area contributed by atoms with E-state index in [1.807, 2.05) is 0 Å². The lowest BCUT2D eigenvalue weighted by molar-refractivity contribution is -0.136. The molecule has 0 aromatic heterocycles. The van der Waals surface area contributed by atoms with Gasteiger partial charge in [0.1, 0.15) is 0 Å². The molecule has 1 fully saturated rings. The van der Waals surface area contributed by atoms with Crippen LogP contribution in [0.15, 0.2) is 16.9 Å². The van der Waals surface area contributed by atoms with Crippen LogP contribution in [0.3, 0.4) is 0 Å². The van der Waals surface area contributed by atoms with Gasteiger partial charge in [0.2, 0.25) is 0 Å². The minimum absolute atomic E-state index is 0.316. The normalized spacial score (nSPS) is 19.7. The minimum Gasteiger partial charge on any atom is -0.465 e. The van der Waals surface area contributed by atoms with Crippen LogP contribution in [0.5, 0.6) is 0 Å². The number of aliphatic hydroxyl groups is 1. The molecule has 0 amide bonds. The van der Waals surface area contributed by atoms with E-state index >= 15 is 0 Å². The summed E-state index contributed by atoms with van der Waals surface area (Å²) in [5.74, 6) is -0.316. The third-order valence-corrected chi connectivity index (χ3v) is 3.10. The number of carbonyl (C=O) groups excluding carboxylic acids is 1. The van der Waals surface area contributed by atoms with Crippen LogP contribution in [0.4, 0.5) is 0 Å². The Hall–Kier alpha value is -1.05. The van der Waals surface area contributed by atoms with Gasteiger partial charge in [-0.25, -0.2) is 4.79 Å². The molecule has 3 heteroatoms. The summed E-state index contributed by atoms with van der Waals surface area (Å²) in [5, 5.41) is 9.83. The highest BCUT2D eigenvalue weighted by Crippen LogP contribution is 2.23. The Labute approximate surface area is 103 Å². The molecule has 0 aliphatic heterocycles. The molecule has 1 N–H and O–H groups in total. The highest BCUT2D eigenvalue weighted by Gasteiger charge is 2.17. The first-order valence-electron chi connectivity index (χ1n) is 6.44. The average Bonchev–Trinajstić information content (AvgIpc) is 2.35. The van der Waals surface area contributed by atoms with Gasteiger partial charge in [-0.3, -0.25) is 0 Å². The summed E-state index contributed by atoms with van der Waals surface area (Å²) in [4.78, 5) is 11.6. The summed E-state index contributed by atoms with van der Waals surface area (Å²) in [6.07, 6.45) is 5.97. The summed E-state index contributed by atoms with van der Waals surface area (Å²) >= 11 is 0. The fourth-order valence-electron chi connectivity index (χ4n) is 2.03. The molecule has 17 heavy (non-hydrogen) atoms. The van der Waals surface area contributed by atoms with Crippen molar-refractivity contribution in [3.05, 3.63) is 16.9 Å². The fraction of sp³-hybridized carbons (Fsp3) is 0.714. The maximum Gasteiger partial charge on any atom is 0.341 e. The summed E-state index contributed by atoms with van der Waals surface area (Å²) in [7, 11) is 1.39. The van der Waals surface area contributed by atoms with Gasteiger partial charge in [0.05, 0.1) is 18.8 Å². The molecule has 0 heterocycles. The van der Waals surface area contributed by atoms with Crippen LogP contribution in [-0.4, -0.2) is 24.3 Å². The van der Waals surface area contributed by atoms with Crippen molar-refractivity contribution in [1.82, 2.24) is 0 Å². The quantitative estimate of drug-likeness (QED) is 0.465. The standard InChI is InChI=1S/C14H22O3/c1-3-4-7-12(14(16)17-2)10-11-8-5-6-9-13(11)15/h13,15H,3-9H2,1-2H3. The van der Waals surface area contributed by atoms with Crippen molar-refractivity contribution >= 4 is 5.97 Å². The molecular formula is C14H22O3. The minimum atomic E-state index is -0.426. The van der Waals surface area contributed by atoms with Gasteiger partial charge < -0.3 is 9.84 Å². The monoisotopic (exact) mass is 238 g/mol. The Balaban J connectivity index is 2.92. The maximum absolute atomic E-state index is 11.6. The van der Waals surface area contributed by atoms with E-state index in [2.05, 4.69) is 12.7 Å². The van der Waals surface area contributed by atoms with E-state index in [9.17, 15) is 9.90 Å². The first kappa shape index (κ1) is 14.0. The Bertz CT molecular complexity index is 324. The van der Waals surface area contributed by atoms with Gasteiger partial charge in [-0.05, 0) is 32.1 Å². The second kappa shape index (κ2) is 7.31. The van der Waals surface area contributed by atoms with Crippen molar-refractivity contribution in [2.45, 2.75) is 58.0 Å². The van der Waals surface area contributed by atoms with E-state index in [0.717, 1.165) is 44.1 Å². The molecule has 0 aromatic rings. The van der Waals surface area contributed by atoms with E-state index < -0.39 is 6.10 Å². The van der Waals surface area contributed by atoms with Crippen molar-refractivity contribution in [2.24, 2.45) is 0 Å². The van der Waals surface area contributed by atoms with E-state index in [1.54, 1.807) is 0 Å². The van der Waals surface area contributed by atoms with Crippen molar-refractivity contribution in [2.75, 3.05) is 7.11 Å². The largest absolute Gasteiger partial charge is 0.465 e. The maximum atomic E-state index is 11.6. The first-order valence-corrected chi connectivity index (χ1v) is 6.44. The predicted octanol–water partition coefficient (Wildman–Crippen LogP) is 2.74. The predicted molar refractivity (Wildman–Crippen MR) is 66.6 cm³/mol. The number of methoxy groups -OCH3 is 1. The highest BCUT2D eigenvalue weighted by atomic mass is 16.5. The zero-order valence-corrected chi connectivity index (χ0v) is 10.8. The molecule has 1 unspecified atom stereocenters. The Morgan fingerprint density at radius 3 is 2.88 bits per heavy atom. The topological polar surface area (TPSA) is 46.5 Å². The lowest BCUT2D eigenvalue weighted by Gasteiger charge is -2.18. The van der Waals surface area contributed by atoms with Crippen molar-refractivity contribution in [3.63, 3.8) is 0 Å². The second-order valence-electron chi connectivity index (χ2n) is 4.49. The summed E-state index contributed by atoms with van der Waals surface area (Å²) < 4.78 is 4.75. The Morgan fingerprint density at radius 1 is 1.53 bits per heavy atom. The highest BCUT2D eigenvalue weighted by molar-refractivity contribution is 5.88. The van der Waals surface area contributed by atoms with Gasteiger partial charge in [-0.15, -0.1) is 5.73 Å². The molecule has 1 saturated carbocycles. The molecule has 0 spiro atoms. The average molecular weight is 238 g/mol. The van der Waals surface area contributed by atoms with Gasteiger partial charge in [-0.1, -0.05) is 19.8 Å². The van der Waals surface area contributed by atoms with Gasteiger partial charge in [-0.2, -0.15) is 0 Å². The van der Waals surface area contributed by atoms with Crippen LogP contribution >= 0.6 is 0 Å². The van der Waals surface area contributed by atoms with Crippen molar-refractivity contribution < 1.29 is 14.6 Å². The van der Waals surface area contributed by atoms with Gasteiger partial charge in [0, 0.05) is 5.57 Å². The number of hydrogen-bond acceptors (Lipinski definition) is 3. The number of hydrogen-bond donors (Lipinski definition) is 1. The summed E-state index contributed by atoms with van der Waals surface area (Å²) in [6.45, 7) is 2.08. The Morgan fingerprint density at radius 2 is 2.29 bits per heavy atom. The summed E-state index contributed by atoms with van der Waals surface area (Å²) in [5.41, 5.74) is 4.54. The second-order valence-corrected chi connectivity index (χ2v) is 4.49. The van der Waals surface area contributed by atoms with Crippen molar-refractivity contribution in [1.29, 1.82) is 0 Å². The van der Waals surface area contributed by atoms with E-state index in [-0.39, 0.29) is 5.97 Å². The fourth-order valence-corrected chi connectivity index (χ4v) is 2.03. The van der Waals surface area contributed by atoms with Crippen LogP contribution in [-0.2, 0) is 9.53 Å². The van der Waals surface area contributed by atoms with Crippen LogP contribution in [0, 0.1) is 0 Å². The first-order chi connectivity index (χ1) is 8.19. The molecule has 0 radical (unpaired) electrons. The van der Waals surface area contributed by atoms with Crippen LogP contribution in [0.2, 0.25) is 0 Å². The summed E-state index contributed by atoms with van der Waals surface area (Å²) in [6, 6.07) is 0. The molecular weight excluding hydrogens is 216 g/mol. The number of aliphatic hydroxyl groups excluding tert-OH is 1. The third-order valence-electron chi connectivity index (χ3n) is 3.10. The van der Waals surface area contributed by atoms with Crippen LogP contribution < -0.4 is 0 Å². The molecule has 0 saturated heterocycles. The molecule has 0 aromatic carbocycles. The lowest BCUT2D eigenvalue weighted by atomic mass is 9.92. The molecule has 3 nitrogen and oxygen atoms in total. The van der Waals surface area contributed by atoms with Crippen molar-refractivity contribution in [3.8, 4) is 0 Å². The number of carbonyl (C=O) groups is 1. The SMILES string of the molecule is CCCCC(=C=C1CCCCC1O)C(=O)OC. The van der Waals surface area contributed by atoms with Gasteiger partial charge in [0.25, 0.3) is 0 Å². The number of unbranched alkanes of at least 4 members (excludes halogenated alkanes) is 1. The number of ether oxygens (including phenoxy) is 1. The zero-order chi connectivity index (χ0) is 12.7. The van der Waals surface area contributed by atoms with Crippen LogP contribution in [0.1, 0.15) is 51.9 Å². The van der Waals surface area contributed by atoms with E-state index in [0.29, 0.717) is 12.0 Å². The van der Waals surface area contributed by atoms with E-state index in [4.69, 9.17) is 4.74 Å². The third kappa shape index (κ3) is 4.37. The molecule has 1 aliphatic carbocycles. The molecule has 1 rings (SSSR count). The van der Waals surface area contributed by atoms with E-state index in [1.165, 1.54) is 7.11 Å². The van der Waals surface area contributed by atoms with Crippen LogP contribution in [0.25, 0.3) is 0 Å². The molecule has 1 aliphatic rings.